The summed E-state index contributed by atoms with van der Waals surface area (Å²) in [5, 5.41) is 3.25. The molecule has 4 rings (SSSR count). The van der Waals surface area contributed by atoms with Crippen LogP contribution in [-0.4, -0.2) is 31.8 Å². The van der Waals surface area contributed by atoms with Gasteiger partial charge in [0, 0.05) is 20.6 Å². The fourth-order valence-electron chi connectivity index (χ4n) is 3.44. The third-order valence-electron chi connectivity index (χ3n) is 4.90. The quantitative estimate of drug-likeness (QED) is 0.736. The van der Waals surface area contributed by atoms with Crippen LogP contribution in [0.15, 0.2) is 39.9 Å². The molecule has 3 aromatic rings. The molecule has 8 heteroatoms. The number of ether oxygens (including phenoxy) is 1. The molecule has 0 unspecified atom stereocenters. The van der Waals surface area contributed by atoms with E-state index in [0.29, 0.717) is 23.7 Å². The van der Waals surface area contributed by atoms with Gasteiger partial charge in [0.05, 0.1) is 12.2 Å². The smallest absolute Gasteiger partial charge is 0.329 e. The average Bonchev–Trinajstić information content (AvgIpc) is 3.24. The number of nitrogens with one attached hydrogen (secondary N) is 2. The fraction of sp³-hybridized carbons (Fsp3) is 0.389. The minimum absolute atomic E-state index is 0.0714. The van der Waals surface area contributed by atoms with Crippen LogP contribution in [-0.2, 0) is 18.8 Å². The highest BCUT2D eigenvalue weighted by Gasteiger charge is 2.26. The number of rotatable bonds is 4. The number of anilines is 1. The summed E-state index contributed by atoms with van der Waals surface area (Å²) in [4.78, 5) is 30.5. The van der Waals surface area contributed by atoms with E-state index in [1.165, 1.54) is 10.1 Å². The summed E-state index contributed by atoms with van der Waals surface area (Å²) in [6.45, 7) is 0.590. The number of H-pyrrole nitrogens is 1. The topological polar surface area (TPSA) is 93.9 Å². The molecule has 2 atom stereocenters. The lowest BCUT2D eigenvalue weighted by Gasteiger charge is -2.15. The first kappa shape index (κ1) is 16.6. The maximum atomic E-state index is 12.1. The van der Waals surface area contributed by atoms with Crippen molar-refractivity contribution in [1.82, 2.24) is 19.1 Å². The second-order valence-electron chi connectivity index (χ2n) is 6.60. The molecular weight excluding hydrogens is 334 g/mol. The summed E-state index contributed by atoms with van der Waals surface area (Å²) in [5.74, 6) is 0.540. The van der Waals surface area contributed by atoms with Gasteiger partial charge >= 0.3 is 5.69 Å². The van der Waals surface area contributed by atoms with Crippen LogP contribution in [0.3, 0.4) is 0 Å². The van der Waals surface area contributed by atoms with E-state index in [9.17, 15) is 9.59 Å². The first-order valence-corrected chi connectivity index (χ1v) is 8.64. The lowest BCUT2D eigenvalue weighted by Crippen LogP contribution is -2.29. The summed E-state index contributed by atoms with van der Waals surface area (Å²) in [5.41, 5.74) is 1.01. The van der Waals surface area contributed by atoms with E-state index in [0.717, 1.165) is 12.8 Å². The molecule has 0 amide bonds. The highest BCUT2D eigenvalue weighted by Crippen LogP contribution is 2.32. The maximum Gasteiger partial charge on any atom is 0.329 e. The molecule has 0 radical (unpaired) electrons. The van der Waals surface area contributed by atoms with E-state index >= 15 is 0 Å². The highest BCUT2D eigenvalue weighted by molar-refractivity contribution is 5.73. The van der Waals surface area contributed by atoms with Crippen molar-refractivity contribution >= 4 is 17.1 Å². The van der Waals surface area contributed by atoms with Crippen LogP contribution in [0.2, 0.25) is 0 Å². The van der Waals surface area contributed by atoms with Gasteiger partial charge in [-0.05, 0) is 18.4 Å². The number of aromatic amines is 1. The predicted octanol–water partition coefficient (Wildman–Crippen LogP) is 1.29. The van der Waals surface area contributed by atoms with Crippen LogP contribution in [0.25, 0.3) is 11.2 Å². The Hall–Kier alpha value is -2.87. The Morgan fingerprint density at radius 1 is 1.19 bits per heavy atom. The normalized spacial score (nSPS) is 19.9. The Bertz CT molecular complexity index is 1050. The average molecular weight is 355 g/mol. The molecule has 1 aliphatic heterocycles. The molecule has 1 aliphatic rings. The Labute approximate surface area is 149 Å². The number of benzene rings is 1. The summed E-state index contributed by atoms with van der Waals surface area (Å²) >= 11 is 0. The molecule has 2 aromatic heterocycles. The van der Waals surface area contributed by atoms with Crippen molar-refractivity contribution in [2.45, 2.75) is 25.0 Å². The SMILES string of the molecule is Cn1c(NC[C@H]2CC[C@H](c3ccccc3)O2)nc2c1c(=O)[nH]c(=O)n2C. The van der Waals surface area contributed by atoms with Crippen molar-refractivity contribution in [3.05, 3.63) is 56.7 Å². The van der Waals surface area contributed by atoms with E-state index in [4.69, 9.17) is 4.74 Å². The largest absolute Gasteiger partial charge is 0.368 e. The van der Waals surface area contributed by atoms with Crippen LogP contribution in [0.1, 0.15) is 24.5 Å². The first-order chi connectivity index (χ1) is 12.5. The molecule has 136 valence electrons. The van der Waals surface area contributed by atoms with Gasteiger partial charge in [0.15, 0.2) is 11.2 Å². The molecule has 1 aromatic carbocycles. The first-order valence-electron chi connectivity index (χ1n) is 8.64. The van der Waals surface area contributed by atoms with Crippen LogP contribution >= 0.6 is 0 Å². The van der Waals surface area contributed by atoms with E-state index in [-0.39, 0.29) is 12.2 Å². The molecule has 0 spiro atoms. The molecule has 0 aliphatic carbocycles. The van der Waals surface area contributed by atoms with Crippen LogP contribution in [0.4, 0.5) is 5.95 Å². The van der Waals surface area contributed by atoms with Gasteiger partial charge in [0.2, 0.25) is 5.95 Å². The van der Waals surface area contributed by atoms with E-state index in [1.807, 2.05) is 18.2 Å². The van der Waals surface area contributed by atoms with Crippen molar-refractivity contribution in [2.75, 3.05) is 11.9 Å². The van der Waals surface area contributed by atoms with Gasteiger partial charge in [-0.1, -0.05) is 30.3 Å². The van der Waals surface area contributed by atoms with Gasteiger partial charge in [-0.3, -0.25) is 14.3 Å². The molecular formula is C18H21N5O3. The predicted molar refractivity (Wildman–Crippen MR) is 98.4 cm³/mol. The summed E-state index contributed by atoms with van der Waals surface area (Å²) < 4.78 is 9.12. The second-order valence-corrected chi connectivity index (χ2v) is 6.60. The third-order valence-corrected chi connectivity index (χ3v) is 4.90. The van der Waals surface area contributed by atoms with Crippen molar-refractivity contribution in [2.24, 2.45) is 14.1 Å². The Morgan fingerprint density at radius 3 is 2.73 bits per heavy atom. The summed E-state index contributed by atoms with van der Waals surface area (Å²) in [6, 6.07) is 10.2. The monoisotopic (exact) mass is 355 g/mol. The lowest BCUT2D eigenvalue weighted by atomic mass is 10.1. The van der Waals surface area contributed by atoms with Gasteiger partial charge in [-0.25, -0.2) is 4.79 Å². The third kappa shape index (κ3) is 2.82. The number of imidazole rings is 1. The van der Waals surface area contributed by atoms with E-state index in [1.54, 1.807) is 18.7 Å². The molecule has 1 fully saturated rings. The number of nitrogens with zero attached hydrogens (tertiary/aromatic N) is 3. The number of hydrogen-bond acceptors (Lipinski definition) is 5. The zero-order valence-corrected chi connectivity index (χ0v) is 14.7. The minimum atomic E-state index is -0.475. The number of hydrogen-bond donors (Lipinski definition) is 2. The molecule has 8 nitrogen and oxygen atoms in total. The molecule has 26 heavy (non-hydrogen) atoms. The Balaban J connectivity index is 1.50. The molecule has 3 heterocycles. The van der Waals surface area contributed by atoms with Crippen LogP contribution in [0.5, 0.6) is 0 Å². The minimum Gasteiger partial charge on any atom is -0.368 e. The van der Waals surface area contributed by atoms with Crippen molar-refractivity contribution in [3.63, 3.8) is 0 Å². The van der Waals surface area contributed by atoms with Gasteiger partial charge < -0.3 is 14.6 Å². The molecule has 2 N–H and O–H groups in total. The number of aromatic nitrogens is 4. The molecule has 0 bridgehead atoms. The van der Waals surface area contributed by atoms with Crippen LogP contribution in [0, 0.1) is 0 Å². The Kier molecular flexibility index (Phi) is 4.12. The number of aryl methyl sites for hydroxylation is 2. The number of fused-ring (bicyclic) bond motifs is 1. The summed E-state index contributed by atoms with van der Waals surface area (Å²) in [7, 11) is 3.33. The van der Waals surface area contributed by atoms with E-state index in [2.05, 4.69) is 27.4 Å². The lowest BCUT2D eigenvalue weighted by molar-refractivity contribution is 0.0520. The van der Waals surface area contributed by atoms with E-state index < -0.39 is 11.2 Å². The van der Waals surface area contributed by atoms with Gasteiger partial charge in [-0.2, -0.15) is 4.98 Å². The van der Waals surface area contributed by atoms with Gasteiger partial charge in [0.1, 0.15) is 0 Å². The van der Waals surface area contributed by atoms with Crippen LogP contribution < -0.4 is 16.6 Å². The standard InChI is InChI=1S/C18H21N5O3/c1-22-14-15(23(2)18(25)21-16(14)24)20-17(22)19-10-12-8-9-13(26-12)11-6-4-3-5-7-11/h3-7,12-13H,8-10H2,1-2H3,(H,19,20)(H,21,24,25)/t12-,13-/m1/s1. The van der Waals surface area contributed by atoms with Crippen molar-refractivity contribution in [1.29, 1.82) is 0 Å². The zero-order valence-electron chi connectivity index (χ0n) is 14.7. The summed E-state index contributed by atoms with van der Waals surface area (Å²) in [6.07, 6.45) is 2.12. The molecule has 0 saturated carbocycles. The Morgan fingerprint density at radius 2 is 1.96 bits per heavy atom. The second kappa shape index (κ2) is 6.45. The van der Waals surface area contributed by atoms with Gasteiger partial charge in [-0.15, -0.1) is 0 Å². The van der Waals surface area contributed by atoms with Crippen molar-refractivity contribution in [3.8, 4) is 0 Å². The fourth-order valence-corrected chi connectivity index (χ4v) is 3.44. The molecule has 1 saturated heterocycles. The zero-order chi connectivity index (χ0) is 18.3. The van der Waals surface area contributed by atoms with Crippen molar-refractivity contribution < 1.29 is 4.74 Å². The van der Waals surface area contributed by atoms with Gasteiger partial charge in [0.25, 0.3) is 5.56 Å². The maximum absolute atomic E-state index is 12.1. The highest BCUT2D eigenvalue weighted by atomic mass is 16.5.